The summed E-state index contributed by atoms with van der Waals surface area (Å²) in [6.07, 6.45) is 0.454. The average molecular weight is 283 g/mol. The van der Waals surface area contributed by atoms with Gasteiger partial charge in [-0.25, -0.2) is 0 Å². The van der Waals surface area contributed by atoms with Crippen LogP contribution in [0.4, 0.5) is 0 Å². The Morgan fingerprint density at radius 3 is 2.79 bits per heavy atom. The average Bonchev–Trinajstić information content (AvgIpc) is 2.36. The van der Waals surface area contributed by atoms with Crippen LogP contribution in [-0.2, 0) is 9.59 Å². The SMILES string of the molecule is O=C1CCC(NC(=O)c2ccc(O)c(Cl)c2)C(=O)N1. The van der Waals surface area contributed by atoms with Crippen LogP contribution in [-0.4, -0.2) is 28.9 Å². The molecular formula is C12H11ClN2O4. The first kappa shape index (κ1) is 13.4. The third-order valence-corrected chi connectivity index (χ3v) is 3.06. The smallest absolute Gasteiger partial charge is 0.251 e. The number of halogens is 1. The van der Waals surface area contributed by atoms with Gasteiger partial charge >= 0.3 is 0 Å². The van der Waals surface area contributed by atoms with Gasteiger partial charge in [0.2, 0.25) is 11.8 Å². The number of nitrogens with one attached hydrogen (secondary N) is 2. The third-order valence-electron chi connectivity index (χ3n) is 2.75. The van der Waals surface area contributed by atoms with Gasteiger partial charge in [0, 0.05) is 12.0 Å². The van der Waals surface area contributed by atoms with Crippen LogP contribution < -0.4 is 10.6 Å². The van der Waals surface area contributed by atoms with Crippen molar-refractivity contribution >= 4 is 29.3 Å². The highest BCUT2D eigenvalue weighted by molar-refractivity contribution is 6.32. The second-order valence-corrected chi connectivity index (χ2v) is 4.55. The molecule has 7 heteroatoms. The lowest BCUT2D eigenvalue weighted by Gasteiger charge is -2.21. The number of amides is 3. The van der Waals surface area contributed by atoms with E-state index in [4.69, 9.17) is 11.6 Å². The second-order valence-electron chi connectivity index (χ2n) is 4.14. The van der Waals surface area contributed by atoms with Gasteiger partial charge in [-0.2, -0.15) is 0 Å². The van der Waals surface area contributed by atoms with Crippen molar-refractivity contribution in [3.8, 4) is 5.75 Å². The minimum absolute atomic E-state index is 0.0518. The zero-order chi connectivity index (χ0) is 14.0. The maximum Gasteiger partial charge on any atom is 0.251 e. The van der Waals surface area contributed by atoms with Crippen LogP contribution in [0, 0.1) is 0 Å². The van der Waals surface area contributed by atoms with E-state index in [2.05, 4.69) is 10.6 Å². The topological polar surface area (TPSA) is 95.5 Å². The summed E-state index contributed by atoms with van der Waals surface area (Å²) in [4.78, 5) is 34.3. The molecule has 2 rings (SSSR count). The maximum atomic E-state index is 11.9. The number of phenols is 1. The molecule has 0 aromatic heterocycles. The quantitative estimate of drug-likeness (QED) is 0.692. The van der Waals surface area contributed by atoms with Gasteiger partial charge in [0.05, 0.1) is 5.02 Å². The molecule has 1 aliphatic heterocycles. The van der Waals surface area contributed by atoms with E-state index in [9.17, 15) is 19.5 Å². The monoisotopic (exact) mass is 282 g/mol. The van der Waals surface area contributed by atoms with Gasteiger partial charge in [0.15, 0.2) is 0 Å². The van der Waals surface area contributed by atoms with Crippen molar-refractivity contribution in [3.63, 3.8) is 0 Å². The number of rotatable bonds is 2. The first-order valence-corrected chi connectivity index (χ1v) is 5.98. The largest absolute Gasteiger partial charge is 0.506 e. The van der Waals surface area contributed by atoms with Gasteiger partial charge in [0.1, 0.15) is 11.8 Å². The Hall–Kier alpha value is -2.08. The van der Waals surface area contributed by atoms with E-state index in [1.165, 1.54) is 18.2 Å². The van der Waals surface area contributed by atoms with Crippen LogP contribution in [0.1, 0.15) is 23.2 Å². The number of hydrogen-bond acceptors (Lipinski definition) is 4. The van der Waals surface area contributed by atoms with E-state index in [1.807, 2.05) is 0 Å². The molecule has 100 valence electrons. The van der Waals surface area contributed by atoms with Crippen molar-refractivity contribution in [1.29, 1.82) is 0 Å². The lowest BCUT2D eigenvalue weighted by molar-refractivity contribution is -0.134. The highest BCUT2D eigenvalue weighted by Crippen LogP contribution is 2.23. The molecule has 1 aromatic rings. The number of benzene rings is 1. The molecule has 1 aliphatic rings. The number of aromatic hydroxyl groups is 1. The predicted octanol–water partition coefficient (Wildman–Crippen LogP) is 0.581. The lowest BCUT2D eigenvalue weighted by Crippen LogP contribution is -2.52. The lowest BCUT2D eigenvalue weighted by atomic mass is 10.1. The zero-order valence-electron chi connectivity index (χ0n) is 9.77. The number of phenolic OH excluding ortho intramolecular Hbond substituents is 1. The predicted molar refractivity (Wildman–Crippen MR) is 66.8 cm³/mol. The Bertz CT molecular complexity index is 559. The molecule has 0 aliphatic carbocycles. The maximum absolute atomic E-state index is 11.9. The summed E-state index contributed by atoms with van der Waals surface area (Å²) in [6.45, 7) is 0. The van der Waals surface area contributed by atoms with Crippen LogP contribution in [0.2, 0.25) is 5.02 Å². The summed E-state index contributed by atoms with van der Waals surface area (Å²) < 4.78 is 0. The van der Waals surface area contributed by atoms with Gasteiger partial charge in [-0.1, -0.05) is 11.6 Å². The summed E-state index contributed by atoms with van der Waals surface area (Å²) in [5.41, 5.74) is 0.229. The molecule has 3 N–H and O–H groups in total. The van der Waals surface area contributed by atoms with Crippen molar-refractivity contribution in [1.82, 2.24) is 10.6 Å². The van der Waals surface area contributed by atoms with Crippen molar-refractivity contribution in [2.75, 3.05) is 0 Å². The Labute approximate surface area is 113 Å². The van der Waals surface area contributed by atoms with Crippen LogP contribution >= 0.6 is 11.6 Å². The molecular weight excluding hydrogens is 272 g/mol. The van der Waals surface area contributed by atoms with E-state index >= 15 is 0 Å². The molecule has 0 saturated carbocycles. The summed E-state index contributed by atoms with van der Waals surface area (Å²) in [5.74, 6) is -1.48. The Balaban J connectivity index is 2.06. The number of imide groups is 1. The molecule has 3 amide bonds. The molecule has 1 fully saturated rings. The standard InChI is InChI=1S/C12H11ClN2O4/c13-7-5-6(1-3-9(7)16)11(18)14-8-2-4-10(17)15-12(8)19/h1,3,5,8,16H,2,4H2,(H,14,18)(H,15,17,19). The van der Waals surface area contributed by atoms with Gasteiger partial charge in [-0.05, 0) is 24.6 Å². The van der Waals surface area contributed by atoms with Crippen molar-refractivity contribution in [3.05, 3.63) is 28.8 Å². The van der Waals surface area contributed by atoms with Crippen molar-refractivity contribution in [2.24, 2.45) is 0 Å². The fourth-order valence-corrected chi connectivity index (χ4v) is 1.90. The number of carbonyl (C=O) groups is 3. The fourth-order valence-electron chi connectivity index (χ4n) is 1.72. The first-order valence-electron chi connectivity index (χ1n) is 5.60. The zero-order valence-corrected chi connectivity index (χ0v) is 10.5. The van der Waals surface area contributed by atoms with E-state index < -0.39 is 17.9 Å². The van der Waals surface area contributed by atoms with Gasteiger partial charge < -0.3 is 10.4 Å². The Kier molecular flexibility index (Phi) is 3.71. The van der Waals surface area contributed by atoms with Gasteiger partial charge in [0.25, 0.3) is 5.91 Å². The molecule has 1 saturated heterocycles. The number of piperidine rings is 1. The van der Waals surface area contributed by atoms with E-state index in [1.54, 1.807) is 0 Å². The van der Waals surface area contributed by atoms with E-state index in [-0.39, 0.29) is 35.1 Å². The molecule has 19 heavy (non-hydrogen) atoms. The van der Waals surface area contributed by atoms with Crippen LogP contribution in [0.5, 0.6) is 5.75 Å². The third kappa shape index (κ3) is 3.03. The molecule has 0 radical (unpaired) electrons. The fraction of sp³-hybridized carbons (Fsp3) is 0.250. The second kappa shape index (κ2) is 5.27. The normalized spacial score (nSPS) is 18.9. The van der Waals surface area contributed by atoms with Crippen LogP contribution in [0.3, 0.4) is 0 Å². The Morgan fingerprint density at radius 2 is 2.16 bits per heavy atom. The summed E-state index contributed by atoms with van der Waals surface area (Å²) >= 11 is 5.69. The minimum atomic E-state index is -0.738. The van der Waals surface area contributed by atoms with E-state index in [0.717, 1.165) is 0 Å². The Morgan fingerprint density at radius 1 is 1.42 bits per heavy atom. The summed E-state index contributed by atoms with van der Waals surface area (Å²) in [7, 11) is 0. The van der Waals surface area contributed by atoms with Crippen molar-refractivity contribution < 1.29 is 19.5 Å². The minimum Gasteiger partial charge on any atom is -0.506 e. The highest BCUT2D eigenvalue weighted by Gasteiger charge is 2.28. The van der Waals surface area contributed by atoms with Crippen molar-refractivity contribution in [2.45, 2.75) is 18.9 Å². The molecule has 6 nitrogen and oxygen atoms in total. The molecule has 0 spiro atoms. The first-order chi connectivity index (χ1) is 8.97. The molecule has 1 aromatic carbocycles. The molecule has 1 heterocycles. The highest BCUT2D eigenvalue weighted by atomic mass is 35.5. The summed E-state index contributed by atoms with van der Waals surface area (Å²) in [6, 6.07) is 3.25. The molecule has 1 unspecified atom stereocenters. The van der Waals surface area contributed by atoms with Gasteiger partial charge in [-0.3, -0.25) is 19.7 Å². The molecule has 1 atom stereocenters. The van der Waals surface area contributed by atoms with Gasteiger partial charge in [-0.15, -0.1) is 0 Å². The molecule has 0 bridgehead atoms. The number of hydrogen-bond donors (Lipinski definition) is 3. The van der Waals surface area contributed by atoms with Crippen LogP contribution in [0.25, 0.3) is 0 Å². The van der Waals surface area contributed by atoms with E-state index in [0.29, 0.717) is 0 Å². The number of carbonyl (C=O) groups excluding carboxylic acids is 3. The van der Waals surface area contributed by atoms with Crippen LogP contribution in [0.15, 0.2) is 18.2 Å². The summed E-state index contributed by atoms with van der Waals surface area (Å²) in [5, 5.41) is 14.0.